The zero-order valence-electron chi connectivity index (χ0n) is 21.0. The second-order valence-corrected chi connectivity index (χ2v) is 12.4. The van der Waals surface area contributed by atoms with Crippen molar-refractivity contribution in [1.82, 2.24) is 14.4 Å². The van der Waals surface area contributed by atoms with Crippen molar-refractivity contribution >= 4 is 33.3 Å². The number of amides is 1. The van der Waals surface area contributed by atoms with Crippen LogP contribution in [0.2, 0.25) is 0 Å². The third-order valence-electron chi connectivity index (χ3n) is 6.38. The highest BCUT2D eigenvalue weighted by molar-refractivity contribution is 7.92. The average Bonchev–Trinajstić information content (AvgIpc) is 3.64. The van der Waals surface area contributed by atoms with Gasteiger partial charge in [0.15, 0.2) is 6.29 Å². The van der Waals surface area contributed by atoms with E-state index in [1.54, 1.807) is 12.1 Å². The van der Waals surface area contributed by atoms with E-state index in [1.807, 2.05) is 18.2 Å². The molecule has 0 bridgehead atoms. The van der Waals surface area contributed by atoms with Crippen molar-refractivity contribution in [3.63, 3.8) is 0 Å². The maximum absolute atomic E-state index is 13.3. The Balaban J connectivity index is 1.22. The highest BCUT2D eigenvalue weighted by Gasteiger charge is 2.20. The van der Waals surface area contributed by atoms with E-state index >= 15 is 0 Å². The molecule has 11 heteroatoms. The van der Waals surface area contributed by atoms with Crippen molar-refractivity contribution in [2.45, 2.75) is 36.3 Å². The van der Waals surface area contributed by atoms with Crippen LogP contribution in [0.4, 0.5) is 0 Å². The van der Waals surface area contributed by atoms with Gasteiger partial charge in [-0.25, -0.2) is 14.3 Å². The number of hydroxylamine groups is 1. The van der Waals surface area contributed by atoms with Gasteiger partial charge in [0.2, 0.25) is 0 Å². The summed E-state index contributed by atoms with van der Waals surface area (Å²) in [6, 6.07) is 13.3. The molecule has 38 heavy (non-hydrogen) atoms. The second-order valence-electron chi connectivity index (χ2n) is 9.20. The number of aromatic nitrogens is 1. The summed E-state index contributed by atoms with van der Waals surface area (Å²) in [7, 11) is -3.76. The van der Waals surface area contributed by atoms with E-state index in [2.05, 4.69) is 22.5 Å². The molecule has 2 aliphatic heterocycles. The Hall–Kier alpha value is -2.80. The number of carbonyl (C=O) groups excluding carboxylic acids is 1. The van der Waals surface area contributed by atoms with Gasteiger partial charge >= 0.3 is 0 Å². The lowest BCUT2D eigenvalue weighted by atomic mass is 10.1. The molecule has 0 radical (unpaired) electrons. The average molecular weight is 558 g/mol. The quantitative estimate of drug-likeness (QED) is 0.315. The molecule has 1 N–H and O–H groups in total. The normalized spacial score (nSPS) is 19.1. The molecule has 3 aromatic rings. The number of nitrogens with zero attached hydrogens (tertiary/aromatic N) is 2. The van der Waals surface area contributed by atoms with Gasteiger partial charge in [0.05, 0.1) is 13.2 Å². The number of hydrogen-bond donors (Lipinski definition) is 1. The minimum Gasteiger partial charge on any atom is -0.379 e. The van der Waals surface area contributed by atoms with Crippen LogP contribution in [0, 0.1) is 0 Å². The molecule has 2 aliphatic rings. The van der Waals surface area contributed by atoms with Crippen LogP contribution >= 0.6 is 11.3 Å². The topological polar surface area (TPSA) is 99.1 Å². The predicted octanol–water partition coefficient (Wildman–Crippen LogP) is 3.87. The van der Waals surface area contributed by atoms with Gasteiger partial charge in [-0.15, -0.1) is 11.3 Å². The summed E-state index contributed by atoms with van der Waals surface area (Å²) in [5.41, 5.74) is 5.10. The van der Waals surface area contributed by atoms with E-state index in [-0.39, 0.29) is 4.21 Å². The van der Waals surface area contributed by atoms with Crippen molar-refractivity contribution in [1.29, 1.82) is 0 Å². The Morgan fingerprint density at radius 2 is 2.00 bits per heavy atom. The molecule has 1 aromatic carbocycles. The molecule has 9 nitrogen and oxygen atoms in total. The standard InChI is InChI=1S/C27H31N3O6S2/c31-25(28-36-26-6-1-2-15-35-26)9-7-21-11-12-30(20-21)38(32,33)27-10-8-24(37-27)23-5-3-4-22(18-23)19-29-13-16-34-17-14-29/h3-5,7-12,18,20,26H,1-2,6,13-17,19H2,(H,28,31)/b9-7+. The molecule has 0 saturated carbocycles. The fraction of sp³-hybridized carbons (Fsp3) is 0.370. The van der Waals surface area contributed by atoms with Crippen LogP contribution in [0.25, 0.3) is 16.5 Å². The Kier molecular flexibility index (Phi) is 8.72. The van der Waals surface area contributed by atoms with Gasteiger partial charge in [-0.1, -0.05) is 18.2 Å². The fourth-order valence-corrected chi connectivity index (χ4v) is 6.94. The molecule has 202 valence electrons. The van der Waals surface area contributed by atoms with Gasteiger partial charge in [-0.2, -0.15) is 8.42 Å². The molecule has 2 fully saturated rings. The van der Waals surface area contributed by atoms with Crippen LogP contribution in [0.3, 0.4) is 0 Å². The molecule has 2 saturated heterocycles. The van der Waals surface area contributed by atoms with E-state index < -0.39 is 22.2 Å². The van der Waals surface area contributed by atoms with Crippen molar-refractivity contribution in [3.05, 3.63) is 72.1 Å². The highest BCUT2D eigenvalue weighted by atomic mass is 32.2. The number of carbonyl (C=O) groups is 1. The third kappa shape index (κ3) is 6.79. The number of benzene rings is 1. The van der Waals surface area contributed by atoms with Gasteiger partial charge < -0.3 is 9.47 Å². The van der Waals surface area contributed by atoms with Gasteiger partial charge in [0.1, 0.15) is 4.21 Å². The van der Waals surface area contributed by atoms with Gasteiger partial charge in [0, 0.05) is 56.0 Å². The zero-order valence-corrected chi connectivity index (χ0v) is 22.6. The van der Waals surface area contributed by atoms with Crippen LogP contribution in [-0.4, -0.2) is 62.4 Å². The van der Waals surface area contributed by atoms with E-state index in [4.69, 9.17) is 14.3 Å². The summed E-state index contributed by atoms with van der Waals surface area (Å²) >= 11 is 1.24. The van der Waals surface area contributed by atoms with E-state index in [9.17, 15) is 13.2 Å². The van der Waals surface area contributed by atoms with Crippen molar-refractivity contribution < 1.29 is 27.5 Å². The van der Waals surface area contributed by atoms with E-state index in [1.165, 1.54) is 45.4 Å². The summed E-state index contributed by atoms with van der Waals surface area (Å²) < 4.78 is 38.8. The summed E-state index contributed by atoms with van der Waals surface area (Å²) in [6.07, 6.45) is 8.06. The number of morpholine rings is 1. The molecular formula is C27H31N3O6S2. The summed E-state index contributed by atoms with van der Waals surface area (Å²) in [6.45, 7) is 4.78. The fourth-order valence-electron chi connectivity index (χ4n) is 4.33. The minimum absolute atomic E-state index is 0.246. The molecule has 2 aromatic heterocycles. The lowest BCUT2D eigenvalue weighted by Crippen LogP contribution is -2.35. The molecule has 1 atom stereocenters. The maximum atomic E-state index is 13.3. The summed E-state index contributed by atoms with van der Waals surface area (Å²) in [5.74, 6) is -0.450. The molecule has 5 rings (SSSR count). The van der Waals surface area contributed by atoms with E-state index in [0.717, 1.165) is 62.6 Å². The van der Waals surface area contributed by atoms with Crippen LogP contribution in [0.5, 0.6) is 0 Å². The number of thiophene rings is 1. The van der Waals surface area contributed by atoms with Crippen molar-refractivity contribution in [2.24, 2.45) is 0 Å². The van der Waals surface area contributed by atoms with Gasteiger partial charge in [-0.3, -0.25) is 9.69 Å². The minimum atomic E-state index is -3.76. The molecule has 1 unspecified atom stereocenters. The number of hydrogen-bond acceptors (Lipinski definition) is 8. The molecule has 4 heterocycles. The first-order chi connectivity index (χ1) is 18.5. The van der Waals surface area contributed by atoms with Crippen LogP contribution < -0.4 is 5.48 Å². The largest absolute Gasteiger partial charge is 0.379 e. The van der Waals surface area contributed by atoms with Gasteiger partial charge in [-0.05, 0) is 59.9 Å². The molecule has 0 aliphatic carbocycles. The van der Waals surface area contributed by atoms with Crippen LogP contribution in [0.1, 0.15) is 30.4 Å². The molecule has 1 amide bonds. The van der Waals surface area contributed by atoms with Crippen molar-refractivity contribution in [3.8, 4) is 10.4 Å². The molecular weight excluding hydrogens is 526 g/mol. The zero-order chi connectivity index (χ0) is 26.4. The Labute approximate surface area is 226 Å². The Morgan fingerprint density at radius 3 is 2.82 bits per heavy atom. The summed E-state index contributed by atoms with van der Waals surface area (Å²) in [5, 5.41) is 0. The summed E-state index contributed by atoms with van der Waals surface area (Å²) in [4.78, 5) is 20.5. The SMILES string of the molecule is O=C(/C=C/c1ccn(S(=O)(=O)c2ccc(-c3cccc(CN4CCOCC4)c3)s2)c1)NOC1CCCCO1. The van der Waals surface area contributed by atoms with Crippen LogP contribution in [-0.2, 0) is 35.7 Å². The van der Waals surface area contributed by atoms with E-state index in [0.29, 0.717) is 12.2 Å². The lowest BCUT2D eigenvalue weighted by molar-refractivity contribution is -0.198. The number of rotatable bonds is 9. The second kappa shape index (κ2) is 12.4. The monoisotopic (exact) mass is 557 g/mol. The smallest absolute Gasteiger partial charge is 0.277 e. The van der Waals surface area contributed by atoms with Crippen LogP contribution in [0.15, 0.2) is 65.1 Å². The maximum Gasteiger partial charge on any atom is 0.277 e. The van der Waals surface area contributed by atoms with Gasteiger partial charge in [0.25, 0.3) is 15.9 Å². The first-order valence-electron chi connectivity index (χ1n) is 12.7. The Bertz CT molecular complexity index is 1370. The first kappa shape index (κ1) is 26.8. The number of nitrogens with one attached hydrogen (secondary N) is 1. The molecule has 0 spiro atoms. The van der Waals surface area contributed by atoms with Crippen molar-refractivity contribution in [2.75, 3.05) is 32.9 Å². The predicted molar refractivity (Wildman–Crippen MR) is 145 cm³/mol. The Morgan fingerprint density at radius 1 is 1.13 bits per heavy atom. The first-order valence-corrected chi connectivity index (χ1v) is 14.9. The highest BCUT2D eigenvalue weighted by Crippen LogP contribution is 2.32. The third-order valence-corrected chi connectivity index (χ3v) is 9.62. The lowest BCUT2D eigenvalue weighted by Gasteiger charge is -2.26. The number of ether oxygens (including phenoxy) is 2.